The summed E-state index contributed by atoms with van der Waals surface area (Å²) < 4.78 is 12.8. The quantitative estimate of drug-likeness (QED) is 0.384. The Labute approximate surface area is 123 Å². The average molecular weight is 313 g/mol. The van der Waals surface area contributed by atoms with Gasteiger partial charge in [0.2, 0.25) is 5.76 Å². The van der Waals surface area contributed by atoms with Gasteiger partial charge < -0.3 is 15.3 Å². The van der Waals surface area contributed by atoms with E-state index in [0.29, 0.717) is 16.7 Å². The number of carboxylic acid groups (broad SMARTS) is 2. The first-order valence-electron chi connectivity index (χ1n) is 5.84. The SMILES string of the molecule is O=C(O)CON(Cc1ccc(F)cc1)C(=O)C=C(O)C(=O)O. The van der Waals surface area contributed by atoms with Crippen molar-refractivity contribution in [1.29, 1.82) is 0 Å². The highest BCUT2D eigenvalue weighted by Gasteiger charge is 2.17. The predicted molar refractivity (Wildman–Crippen MR) is 68.9 cm³/mol. The fourth-order valence-corrected chi connectivity index (χ4v) is 1.33. The number of carboxylic acids is 2. The Hall–Kier alpha value is -2.94. The molecule has 9 heteroatoms. The minimum Gasteiger partial charge on any atom is -0.502 e. The lowest BCUT2D eigenvalue weighted by Crippen LogP contribution is -2.32. The molecule has 1 rings (SSSR count). The molecule has 0 heterocycles. The van der Waals surface area contributed by atoms with Crippen LogP contribution in [0.3, 0.4) is 0 Å². The number of carbonyl (C=O) groups is 3. The molecule has 0 aromatic heterocycles. The third-order valence-electron chi connectivity index (χ3n) is 2.31. The lowest BCUT2D eigenvalue weighted by atomic mass is 10.2. The highest BCUT2D eigenvalue weighted by molar-refractivity contribution is 5.95. The van der Waals surface area contributed by atoms with Gasteiger partial charge in [0.15, 0.2) is 6.61 Å². The Morgan fingerprint density at radius 3 is 2.23 bits per heavy atom. The molecule has 0 radical (unpaired) electrons. The van der Waals surface area contributed by atoms with Crippen LogP contribution in [0, 0.1) is 5.82 Å². The van der Waals surface area contributed by atoms with Crippen LogP contribution in [0.4, 0.5) is 4.39 Å². The van der Waals surface area contributed by atoms with Gasteiger partial charge in [-0.05, 0) is 17.7 Å². The summed E-state index contributed by atoms with van der Waals surface area (Å²) >= 11 is 0. The van der Waals surface area contributed by atoms with Crippen LogP contribution in [0.15, 0.2) is 36.1 Å². The molecule has 8 nitrogen and oxygen atoms in total. The summed E-state index contributed by atoms with van der Waals surface area (Å²) in [6.07, 6.45) is 0.369. The van der Waals surface area contributed by atoms with Crippen molar-refractivity contribution < 1.29 is 38.9 Å². The number of hydroxylamine groups is 2. The highest BCUT2D eigenvalue weighted by atomic mass is 19.1. The Morgan fingerprint density at radius 2 is 1.73 bits per heavy atom. The lowest BCUT2D eigenvalue weighted by Gasteiger charge is -2.19. The minimum atomic E-state index is -1.73. The summed E-state index contributed by atoms with van der Waals surface area (Å²) in [4.78, 5) is 37.4. The number of hydrogen-bond acceptors (Lipinski definition) is 5. The molecule has 0 spiro atoms. The van der Waals surface area contributed by atoms with Gasteiger partial charge in [-0.3, -0.25) is 9.63 Å². The van der Waals surface area contributed by atoms with Crippen molar-refractivity contribution >= 4 is 17.8 Å². The zero-order valence-corrected chi connectivity index (χ0v) is 11.1. The molecule has 0 saturated carbocycles. The molecule has 1 amide bonds. The van der Waals surface area contributed by atoms with E-state index in [1.54, 1.807) is 0 Å². The van der Waals surface area contributed by atoms with E-state index < -0.39 is 36.0 Å². The van der Waals surface area contributed by atoms with E-state index in [0.717, 1.165) is 12.1 Å². The van der Waals surface area contributed by atoms with Crippen LogP contribution >= 0.6 is 0 Å². The van der Waals surface area contributed by atoms with E-state index in [1.165, 1.54) is 12.1 Å². The number of hydrogen-bond donors (Lipinski definition) is 3. The van der Waals surface area contributed by atoms with Crippen LogP contribution in [0.25, 0.3) is 0 Å². The molecule has 1 aromatic carbocycles. The van der Waals surface area contributed by atoms with Crippen molar-refractivity contribution in [3.8, 4) is 0 Å². The smallest absolute Gasteiger partial charge is 0.371 e. The van der Waals surface area contributed by atoms with E-state index >= 15 is 0 Å². The maximum atomic E-state index is 12.8. The molecule has 1 aromatic rings. The maximum Gasteiger partial charge on any atom is 0.371 e. The molecule has 22 heavy (non-hydrogen) atoms. The molecule has 0 aliphatic rings. The third kappa shape index (κ3) is 5.59. The number of aliphatic hydroxyl groups is 1. The summed E-state index contributed by atoms with van der Waals surface area (Å²) in [5.74, 6) is -5.90. The zero-order valence-electron chi connectivity index (χ0n) is 11.1. The second-order valence-corrected chi connectivity index (χ2v) is 4.00. The summed E-state index contributed by atoms with van der Waals surface area (Å²) in [5, 5.41) is 26.6. The van der Waals surface area contributed by atoms with Gasteiger partial charge in [0.1, 0.15) is 5.82 Å². The minimum absolute atomic E-state index is 0.268. The Kier molecular flexibility index (Phi) is 6.02. The first kappa shape index (κ1) is 17.1. The number of amides is 1. The van der Waals surface area contributed by atoms with Crippen LogP contribution in [0.1, 0.15) is 5.56 Å². The number of rotatable bonds is 7. The molecule has 3 N–H and O–H groups in total. The number of benzene rings is 1. The van der Waals surface area contributed by atoms with Gasteiger partial charge in [-0.15, -0.1) is 0 Å². The normalized spacial score (nSPS) is 11.0. The fourth-order valence-electron chi connectivity index (χ4n) is 1.33. The summed E-state index contributed by atoms with van der Waals surface area (Å²) in [5.41, 5.74) is 0.406. The second kappa shape index (κ2) is 7.74. The summed E-state index contributed by atoms with van der Waals surface area (Å²) in [6.45, 7) is -1.12. The third-order valence-corrected chi connectivity index (χ3v) is 2.31. The van der Waals surface area contributed by atoms with E-state index in [4.69, 9.17) is 20.2 Å². The van der Waals surface area contributed by atoms with Crippen LogP contribution < -0.4 is 0 Å². The molecule has 0 saturated heterocycles. The van der Waals surface area contributed by atoms with Gasteiger partial charge in [0, 0.05) is 0 Å². The predicted octanol–water partition coefficient (Wildman–Crippen LogP) is 0.697. The molecular weight excluding hydrogens is 301 g/mol. The van der Waals surface area contributed by atoms with Crippen LogP contribution in [0.5, 0.6) is 0 Å². The molecule has 118 valence electrons. The van der Waals surface area contributed by atoms with Crippen LogP contribution in [-0.4, -0.2) is 44.8 Å². The zero-order chi connectivity index (χ0) is 16.7. The Bertz CT molecular complexity index is 597. The lowest BCUT2D eigenvalue weighted by molar-refractivity contribution is -0.192. The summed E-state index contributed by atoms with van der Waals surface area (Å²) in [7, 11) is 0. The van der Waals surface area contributed by atoms with Crippen LogP contribution in [-0.2, 0) is 25.8 Å². The maximum absolute atomic E-state index is 12.8. The van der Waals surface area contributed by atoms with Crippen molar-refractivity contribution in [1.82, 2.24) is 5.06 Å². The first-order valence-corrected chi connectivity index (χ1v) is 5.84. The largest absolute Gasteiger partial charge is 0.502 e. The molecule has 0 atom stereocenters. The fraction of sp³-hybridized carbons (Fsp3) is 0.154. The van der Waals surface area contributed by atoms with Gasteiger partial charge in [0.05, 0.1) is 12.6 Å². The second-order valence-electron chi connectivity index (χ2n) is 4.00. The molecular formula is C13H12FNO7. The van der Waals surface area contributed by atoms with Crippen molar-refractivity contribution in [3.05, 3.63) is 47.5 Å². The molecule has 0 unspecified atom stereocenters. The molecule has 0 fully saturated rings. The number of halogens is 1. The molecule has 0 aliphatic carbocycles. The topological polar surface area (TPSA) is 124 Å². The van der Waals surface area contributed by atoms with Crippen molar-refractivity contribution in [2.45, 2.75) is 6.54 Å². The van der Waals surface area contributed by atoms with E-state index in [-0.39, 0.29) is 6.54 Å². The van der Waals surface area contributed by atoms with Gasteiger partial charge in [-0.25, -0.2) is 19.0 Å². The average Bonchev–Trinajstić information content (AvgIpc) is 2.44. The van der Waals surface area contributed by atoms with E-state index in [9.17, 15) is 18.8 Å². The van der Waals surface area contributed by atoms with Gasteiger partial charge in [0.25, 0.3) is 5.91 Å². The standard InChI is InChI=1S/C13H12FNO7/c14-9-3-1-8(2-4-9)6-15(22-7-12(18)19)11(17)5-10(16)13(20)21/h1-5,16H,6-7H2,(H,18,19)(H,20,21). The number of carbonyl (C=O) groups excluding carboxylic acids is 1. The Balaban J connectivity index is 2.89. The van der Waals surface area contributed by atoms with E-state index in [2.05, 4.69) is 0 Å². The van der Waals surface area contributed by atoms with Gasteiger partial charge in [-0.1, -0.05) is 12.1 Å². The Morgan fingerprint density at radius 1 is 1.14 bits per heavy atom. The number of aliphatic carboxylic acids is 2. The number of nitrogens with zero attached hydrogens (tertiary/aromatic N) is 1. The highest BCUT2D eigenvalue weighted by Crippen LogP contribution is 2.08. The van der Waals surface area contributed by atoms with Crippen molar-refractivity contribution in [2.75, 3.05) is 6.61 Å². The van der Waals surface area contributed by atoms with E-state index in [1.807, 2.05) is 0 Å². The molecule has 0 bridgehead atoms. The first-order chi connectivity index (χ1) is 10.3. The van der Waals surface area contributed by atoms with Crippen LogP contribution in [0.2, 0.25) is 0 Å². The monoisotopic (exact) mass is 313 g/mol. The van der Waals surface area contributed by atoms with Crippen molar-refractivity contribution in [3.63, 3.8) is 0 Å². The van der Waals surface area contributed by atoms with Gasteiger partial charge >= 0.3 is 11.9 Å². The van der Waals surface area contributed by atoms with Gasteiger partial charge in [-0.2, -0.15) is 0 Å². The van der Waals surface area contributed by atoms with Crippen molar-refractivity contribution in [2.24, 2.45) is 0 Å². The number of aliphatic hydroxyl groups excluding tert-OH is 1. The molecule has 0 aliphatic heterocycles. The summed E-state index contributed by atoms with van der Waals surface area (Å²) in [6, 6.07) is 4.92.